The van der Waals surface area contributed by atoms with Crippen LogP contribution in [0.3, 0.4) is 0 Å². The van der Waals surface area contributed by atoms with E-state index in [-0.39, 0.29) is 11.7 Å². The first kappa shape index (κ1) is 26.8. The van der Waals surface area contributed by atoms with Crippen molar-refractivity contribution in [3.63, 3.8) is 0 Å². The first-order valence-electron chi connectivity index (χ1n) is 12.4. The number of rotatable bonds is 7. The van der Waals surface area contributed by atoms with Crippen molar-refractivity contribution in [2.45, 2.75) is 39.7 Å². The number of amides is 1. The molecule has 0 saturated heterocycles. The third-order valence-electron chi connectivity index (χ3n) is 6.78. The maximum absolute atomic E-state index is 12.5. The summed E-state index contributed by atoms with van der Waals surface area (Å²) in [4.78, 5) is 23.8. The number of nitrogens with two attached hydrogens (primary N) is 1. The van der Waals surface area contributed by atoms with E-state index in [0.29, 0.717) is 30.0 Å². The van der Waals surface area contributed by atoms with Crippen LogP contribution in [0, 0.1) is 20.8 Å². The lowest BCUT2D eigenvalue weighted by atomic mass is 9.85. The van der Waals surface area contributed by atoms with Crippen molar-refractivity contribution in [3.05, 3.63) is 70.4 Å². The molecule has 1 atom stereocenters. The molecule has 0 bridgehead atoms. The van der Waals surface area contributed by atoms with Crippen LogP contribution in [0.25, 0.3) is 0 Å². The van der Waals surface area contributed by atoms with Crippen LogP contribution in [-0.2, 0) is 4.84 Å². The SMILES string of the molecule is CON=C1CC(C)(COc2ccc(NC(=O)c3cccnc3N)cc2)Oc2c(C)c(C)c(N(C)C)c(C)c21. The molecule has 9 nitrogen and oxygen atoms in total. The van der Waals surface area contributed by atoms with Gasteiger partial charge < -0.3 is 30.3 Å². The zero-order valence-corrected chi connectivity index (χ0v) is 23.0. The second-order valence-electron chi connectivity index (χ2n) is 9.97. The maximum Gasteiger partial charge on any atom is 0.259 e. The highest BCUT2D eigenvalue weighted by atomic mass is 16.6. The molecule has 0 spiro atoms. The lowest BCUT2D eigenvalue weighted by Gasteiger charge is -2.38. The summed E-state index contributed by atoms with van der Waals surface area (Å²) in [7, 11) is 5.64. The molecule has 1 unspecified atom stereocenters. The third kappa shape index (κ3) is 5.22. The molecule has 9 heteroatoms. The van der Waals surface area contributed by atoms with Gasteiger partial charge in [0, 0.05) is 43.7 Å². The van der Waals surface area contributed by atoms with Gasteiger partial charge in [0.05, 0.1) is 11.3 Å². The van der Waals surface area contributed by atoms with Crippen molar-refractivity contribution in [3.8, 4) is 11.5 Å². The molecule has 1 aromatic heterocycles. The Morgan fingerprint density at radius 2 is 1.87 bits per heavy atom. The Balaban J connectivity index is 1.52. The minimum Gasteiger partial charge on any atom is -0.489 e. The molecule has 2 aromatic carbocycles. The molecule has 3 N–H and O–H groups in total. The monoisotopic (exact) mass is 517 g/mol. The molecule has 1 aliphatic heterocycles. The lowest BCUT2D eigenvalue weighted by molar-refractivity contribution is 0.0352. The van der Waals surface area contributed by atoms with Crippen molar-refractivity contribution >= 4 is 28.8 Å². The number of carbonyl (C=O) groups excluding carboxylic acids is 1. The number of hydrogen-bond donors (Lipinski definition) is 2. The van der Waals surface area contributed by atoms with E-state index < -0.39 is 5.60 Å². The first-order valence-corrected chi connectivity index (χ1v) is 12.4. The highest BCUT2D eigenvalue weighted by Gasteiger charge is 2.39. The van der Waals surface area contributed by atoms with Crippen LogP contribution in [0.15, 0.2) is 47.8 Å². The molecular formula is C29H35N5O4. The van der Waals surface area contributed by atoms with Gasteiger partial charge in [-0.05, 0) is 80.8 Å². The second-order valence-corrected chi connectivity index (χ2v) is 9.97. The Kier molecular flexibility index (Phi) is 7.48. The number of nitrogens with zero attached hydrogens (tertiary/aromatic N) is 3. The molecule has 1 amide bonds. The Bertz CT molecular complexity index is 1380. The van der Waals surface area contributed by atoms with Gasteiger partial charge in [-0.3, -0.25) is 4.79 Å². The van der Waals surface area contributed by atoms with Crippen molar-refractivity contribution in [1.29, 1.82) is 0 Å². The van der Waals surface area contributed by atoms with Crippen LogP contribution in [-0.4, -0.2) is 50.0 Å². The van der Waals surface area contributed by atoms with Crippen molar-refractivity contribution < 1.29 is 19.1 Å². The highest BCUT2D eigenvalue weighted by molar-refractivity contribution is 6.08. The summed E-state index contributed by atoms with van der Waals surface area (Å²) in [6.07, 6.45) is 2.06. The molecule has 2 heterocycles. The summed E-state index contributed by atoms with van der Waals surface area (Å²) in [6.45, 7) is 8.58. The van der Waals surface area contributed by atoms with E-state index >= 15 is 0 Å². The minimum absolute atomic E-state index is 0.183. The number of anilines is 3. The summed E-state index contributed by atoms with van der Waals surface area (Å²) in [5, 5.41) is 7.21. The number of fused-ring (bicyclic) bond motifs is 1. The summed E-state index contributed by atoms with van der Waals surface area (Å²) < 4.78 is 12.8. The van der Waals surface area contributed by atoms with Gasteiger partial charge in [0.1, 0.15) is 36.6 Å². The maximum atomic E-state index is 12.5. The number of nitrogens with one attached hydrogen (secondary N) is 1. The van der Waals surface area contributed by atoms with Gasteiger partial charge in [0.15, 0.2) is 0 Å². The Labute approximate surface area is 223 Å². The lowest BCUT2D eigenvalue weighted by Crippen LogP contribution is -2.45. The van der Waals surface area contributed by atoms with Crippen molar-refractivity contribution in [2.24, 2.45) is 5.16 Å². The summed E-state index contributed by atoms with van der Waals surface area (Å²) in [6, 6.07) is 10.5. The molecule has 38 heavy (non-hydrogen) atoms. The topological polar surface area (TPSA) is 111 Å². The number of pyridine rings is 1. The molecular weight excluding hydrogens is 482 g/mol. The number of ether oxygens (including phenoxy) is 2. The highest BCUT2D eigenvalue weighted by Crippen LogP contribution is 2.44. The van der Waals surface area contributed by atoms with Crippen LogP contribution in [0.2, 0.25) is 0 Å². The summed E-state index contributed by atoms with van der Waals surface area (Å²) >= 11 is 0. The number of carbonyl (C=O) groups is 1. The third-order valence-corrected chi connectivity index (χ3v) is 6.78. The zero-order chi connectivity index (χ0) is 27.6. The Morgan fingerprint density at radius 1 is 1.16 bits per heavy atom. The normalized spacial score (nSPS) is 17.4. The number of nitrogen functional groups attached to an aromatic ring is 1. The molecule has 1 aliphatic rings. The molecule has 0 saturated carbocycles. The van der Waals surface area contributed by atoms with Crippen LogP contribution in [0.4, 0.5) is 17.2 Å². The largest absolute Gasteiger partial charge is 0.489 e. The number of benzene rings is 2. The Hall–Kier alpha value is -4.27. The van der Waals surface area contributed by atoms with Gasteiger partial charge in [0.2, 0.25) is 0 Å². The first-order chi connectivity index (χ1) is 18.0. The van der Waals surface area contributed by atoms with Crippen molar-refractivity contribution in [1.82, 2.24) is 4.98 Å². The fourth-order valence-corrected chi connectivity index (χ4v) is 4.92. The average Bonchev–Trinajstić information content (AvgIpc) is 2.87. The van der Waals surface area contributed by atoms with E-state index in [4.69, 9.17) is 20.0 Å². The summed E-state index contributed by atoms with van der Waals surface area (Å²) in [5.74, 6) is 1.32. The molecule has 200 valence electrons. The van der Waals surface area contributed by atoms with Crippen LogP contribution < -0.4 is 25.4 Å². The zero-order valence-electron chi connectivity index (χ0n) is 23.0. The molecule has 0 fully saturated rings. The van der Waals surface area contributed by atoms with Gasteiger partial charge in [0.25, 0.3) is 5.91 Å². The number of aromatic nitrogens is 1. The van der Waals surface area contributed by atoms with Gasteiger partial charge in [-0.2, -0.15) is 0 Å². The number of hydrogen-bond acceptors (Lipinski definition) is 8. The van der Waals surface area contributed by atoms with E-state index in [1.807, 2.05) is 21.0 Å². The standard InChI is InChI=1S/C29H35N5O4/c1-17-18(2)26-24(19(3)25(17)34(5)6)23(33-36-7)15-29(4,38-26)16-37-21-12-10-20(11-13-21)32-28(35)22-9-8-14-31-27(22)30/h8-14H,15-16H2,1-7H3,(H2,30,31)(H,32,35). The van der Waals surface area contributed by atoms with Crippen LogP contribution in [0.1, 0.15) is 46.0 Å². The van der Waals surface area contributed by atoms with Gasteiger partial charge in [-0.15, -0.1) is 0 Å². The average molecular weight is 518 g/mol. The Morgan fingerprint density at radius 3 is 2.50 bits per heavy atom. The predicted octanol–water partition coefficient (Wildman–Crippen LogP) is 4.88. The van der Waals surface area contributed by atoms with E-state index in [0.717, 1.165) is 33.8 Å². The van der Waals surface area contributed by atoms with E-state index in [1.165, 1.54) is 5.56 Å². The molecule has 0 aliphatic carbocycles. The predicted molar refractivity (Wildman–Crippen MR) is 151 cm³/mol. The van der Waals surface area contributed by atoms with Crippen LogP contribution in [0.5, 0.6) is 11.5 Å². The van der Waals surface area contributed by atoms with Gasteiger partial charge in [-0.25, -0.2) is 4.98 Å². The molecule has 4 rings (SSSR count). The van der Waals surface area contributed by atoms with E-state index in [1.54, 1.807) is 49.7 Å². The number of oxime groups is 1. The van der Waals surface area contributed by atoms with Gasteiger partial charge in [-0.1, -0.05) is 5.16 Å². The summed E-state index contributed by atoms with van der Waals surface area (Å²) in [5.41, 5.74) is 12.4. The van der Waals surface area contributed by atoms with E-state index in [2.05, 4.69) is 41.1 Å². The van der Waals surface area contributed by atoms with Gasteiger partial charge >= 0.3 is 0 Å². The van der Waals surface area contributed by atoms with E-state index in [9.17, 15) is 4.79 Å². The fourth-order valence-electron chi connectivity index (χ4n) is 4.92. The molecule has 0 radical (unpaired) electrons. The molecule has 3 aromatic rings. The fraction of sp³-hybridized carbons (Fsp3) is 0.345. The quantitative estimate of drug-likeness (QED) is 0.430. The second kappa shape index (κ2) is 10.6. The smallest absolute Gasteiger partial charge is 0.259 e. The van der Waals surface area contributed by atoms with Crippen LogP contribution >= 0.6 is 0 Å². The minimum atomic E-state index is -0.668. The van der Waals surface area contributed by atoms with Crippen molar-refractivity contribution in [2.75, 3.05) is 43.8 Å².